The van der Waals surface area contributed by atoms with E-state index >= 15 is 0 Å². The summed E-state index contributed by atoms with van der Waals surface area (Å²) in [5.41, 5.74) is 5.70. The van der Waals surface area contributed by atoms with Crippen molar-refractivity contribution in [3.05, 3.63) is 76.1 Å². The second-order valence-corrected chi connectivity index (χ2v) is 11.6. The van der Waals surface area contributed by atoms with Crippen LogP contribution in [0.1, 0.15) is 31.7 Å². The highest BCUT2D eigenvalue weighted by Crippen LogP contribution is 2.31. The van der Waals surface area contributed by atoms with Gasteiger partial charge in [0.15, 0.2) is 9.84 Å². The van der Waals surface area contributed by atoms with Crippen molar-refractivity contribution >= 4 is 45.1 Å². The standard InChI is InChI=1S/C25H28Cl2N4O3S/c1-3-25(30-11-5-4-6-12-30)35(33,34)20-9-10-24(28-15-20)31-23(16-32)21(17(2)29-31)13-18-7-8-19(26)14-22(18)27/h3,7-10,14-16,23,25,29H,1,4-6,11-13H2,2H3. The molecule has 1 aromatic carbocycles. The molecule has 1 fully saturated rings. The number of sulfone groups is 1. The van der Waals surface area contributed by atoms with E-state index in [1.54, 1.807) is 23.2 Å². The number of hydrogen-bond donors (Lipinski definition) is 1. The van der Waals surface area contributed by atoms with Gasteiger partial charge < -0.3 is 10.2 Å². The van der Waals surface area contributed by atoms with Gasteiger partial charge in [-0.15, -0.1) is 6.58 Å². The molecule has 1 saturated heterocycles. The minimum Gasteiger partial charge on any atom is -0.301 e. The van der Waals surface area contributed by atoms with Gasteiger partial charge in [0.1, 0.15) is 23.5 Å². The third-order valence-corrected chi connectivity index (χ3v) is 9.11. The van der Waals surface area contributed by atoms with Crippen LogP contribution in [0.2, 0.25) is 10.0 Å². The first-order valence-corrected chi connectivity index (χ1v) is 13.8. The third-order valence-electron chi connectivity index (χ3n) is 6.50. The number of hydrazine groups is 1. The maximum Gasteiger partial charge on any atom is 0.199 e. The van der Waals surface area contributed by atoms with E-state index in [0.717, 1.165) is 55.5 Å². The summed E-state index contributed by atoms with van der Waals surface area (Å²) < 4.78 is 26.6. The van der Waals surface area contributed by atoms with Crippen molar-refractivity contribution < 1.29 is 13.2 Å². The lowest BCUT2D eigenvalue weighted by Gasteiger charge is -2.32. The van der Waals surface area contributed by atoms with Gasteiger partial charge in [-0.1, -0.05) is 41.8 Å². The number of allylic oxidation sites excluding steroid dienone is 1. The number of aldehydes is 1. The Balaban J connectivity index is 1.55. The Morgan fingerprint density at radius 3 is 2.54 bits per heavy atom. The molecule has 3 heterocycles. The van der Waals surface area contributed by atoms with Gasteiger partial charge in [-0.25, -0.2) is 13.4 Å². The molecule has 2 aromatic rings. The number of nitrogens with zero attached hydrogens (tertiary/aromatic N) is 3. The second-order valence-electron chi connectivity index (χ2n) is 8.75. The molecule has 7 nitrogen and oxygen atoms in total. The molecule has 0 saturated carbocycles. The third kappa shape index (κ3) is 5.26. The van der Waals surface area contributed by atoms with Crippen LogP contribution in [-0.2, 0) is 21.1 Å². The molecule has 4 rings (SSSR count). The molecule has 2 unspecified atom stereocenters. The first kappa shape index (κ1) is 25.7. The van der Waals surface area contributed by atoms with E-state index in [9.17, 15) is 13.2 Å². The molecule has 2 atom stereocenters. The Bertz CT molecular complexity index is 1240. The van der Waals surface area contributed by atoms with Crippen LogP contribution in [0.25, 0.3) is 0 Å². The van der Waals surface area contributed by atoms with Crippen molar-refractivity contribution in [1.29, 1.82) is 0 Å². The van der Waals surface area contributed by atoms with Crippen molar-refractivity contribution in [2.75, 3.05) is 18.1 Å². The fourth-order valence-corrected chi connectivity index (χ4v) is 6.69. The van der Waals surface area contributed by atoms with E-state index in [1.807, 2.05) is 17.9 Å². The zero-order valence-corrected chi connectivity index (χ0v) is 21.8. The summed E-state index contributed by atoms with van der Waals surface area (Å²) in [6.07, 6.45) is 7.17. The van der Waals surface area contributed by atoms with Crippen molar-refractivity contribution in [1.82, 2.24) is 15.3 Å². The Morgan fingerprint density at radius 1 is 1.20 bits per heavy atom. The fourth-order valence-electron chi connectivity index (χ4n) is 4.62. The predicted molar refractivity (Wildman–Crippen MR) is 139 cm³/mol. The maximum absolute atomic E-state index is 13.3. The highest BCUT2D eigenvalue weighted by atomic mass is 35.5. The molecular formula is C25H28Cl2N4O3S. The second kappa shape index (κ2) is 10.7. The molecule has 0 radical (unpaired) electrons. The first-order chi connectivity index (χ1) is 16.8. The average molecular weight is 535 g/mol. The van der Waals surface area contributed by atoms with Gasteiger partial charge in [-0.05, 0) is 74.7 Å². The summed E-state index contributed by atoms with van der Waals surface area (Å²) in [5, 5.41) is 1.91. The highest BCUT2D eigenvalue weighted by molar-refractivity contribution is 7.92. The normalized spacial score (nSPS) is 20.0. The van der Waals surface area contributed by atoms with Gasteiger partial charge in [-0.2, -0.15) is 0 Å². The Labute approximate surface area is 216 Å². The zero-order valence-electron chi connectivity index (χ0n) is 19.5. The number of pyridine rings is 1. The highest BCUT2D eigenvalue weighted by Gasteiger charge is 2.34. The Kier molecular flexibility index (Phi) is 7.86. The SMILES string of the molecule is C=CC(N1CCCCC1)S(=O)(=O)c1ccc(N2NC(C)=C(Cc3ccc(Cl)cc3Cl)C2C=O)nc1. The molecule has 0 bridgehead atoms. The van der Waals surface area contributed by atoms with Crippen molar-refractivity contribution in [2.24, 2.45) is 0 Å². The molecule has 0 spiro atoms. The molecule has 2 aliphatic rings. The monoisotopic (exact) mass is 534 g/mol. The molecular weight excluding hydrogens is 507 g/mol. The summed E-state index contributed by atoms with van der Waals surface area (Å²) in [7, 11) is -3.68. The van der Waals surface area contributed by atoms with E-state index in [4.69, 9.17) is 23.2 Å². The summed E-state index contributed by atoms with van der Waals surface area (Å²) in [6.45, 7) is 7.10. The van der Waals surface area contributed by atoms with Crippen LogP contribution in [-0.4, -0.2) is 49.1 Å². The van der Waals surface area contributed by atoms with E-state index in [-0.39, 0.29) is 4.90 Å². The van der Waals surface area contributed by atoms with Gasteiger partial charge in [-0.3, -0.25) is 9.91 Å². The van der Waals surface area contributed by atoms with Gasteiger partial charge in [0, 0.05) is 21.9 Å². The average Bonchev–Trinajstić information content (AvgIpc) is 3.17. The number of anilines is 1. The molecule has 10 heteroatoms. The Hall–Kier alpha value is -2.39. The zero-order chi connectivity index (χ0) is 25.2. The van der Waals surface area contributed by atoms with Gasteiger partial charge in [0.2, 0.25) is 0 Å². The first-order valence-electron chi connectivity index (χ1n) is 11.5. The molecule has 35 heavy (non-hydrogen) atoms. The van der Waals surface area contributed by atoms with Crippen LogP contribution >= 0.6 is 23.2 Å². The van der Waals surface area contributed by atoms with Crippen LogP contribution in [0.15, 0.2) is 65.3 Å². The maximum atomic E-state index is 13.3. The van der Waals surface area contributed by atoms with E-state index < -0.39 is 21.3 Å². The molecule has 186 valence electrons. The number of carbonyl (C=O) groups excluding carboxylic acids is 1. The minimum absolute atomic E-state index is 0.122. The van der Waals surface area contributed by atoms with Crippen molar-refractivity contribution in [2.45, 2.75) is 48.9 Å². The van der Waals surface area contributed by atoms with Gasteiger partial charge in [0.25, 0.3) is 0 Å². The number of halogens is 2. The van der Waals surface area contributed by atoms with Crippen LogP contribution in [0, 0.1) is 0 Å². The van der Waals surface area contributed by atoms with Crippen molar-refractivity contribution in [3.8, 4) is 0 Å². The lowest BCUT2D eigenvalue weighted by Crippen LogP contribution is -2.43. The Morgan fingerprint density at radius 2 is 1.94 bits per heavy atom. The smallest absolute Gasteiger partial charge is 0.199 e. The number of nitrogens with one attached hydrogen (secondary N) is 1. The minimum atomic E-state index is -3.68. The molecule has 0 aliphatic carbocycles. The summed E-state index contributed by atoms with van der Waals surface area (Å²) in [6, 6.07) is 7.79. The van der Waals surface area contributed by atoms with Crippen LogP contribution < -0.4 is 10.4 Å². The van der Waals surface area contributed by atoms with E-state index in [1.165, 1.54) is 18.3 Å². The number of hydrogen-bond acceptors (Lipinski definition) is 7. The number of rotatable bonds is 8. The summed E-state index contributed by atoms with van der Waals surface area (Å²) in [5.74, 6) is 0.436. The molecule has 1 N–H and O–H groups in total. The van der Waals surface area contributed by atoms with Crippen LogP contribution in [0.3, 0.4) is 0 Å². The van der Waals surface area contributed by atoms with Crippen molar-refractivity contribution in [3.63, 3.8) is 0 Å². The molecule has 0 amide bonds. The number of piperidine rings is 1. The van der Waals surface area contributed by atoms with Crippen LogP contribution in [0.4, 0.5) is 5.82 Å². The largest absolute Gasteiger partial charge is 0.301 e. The predicted octanol–water partition coefficient (Wildman–Crippen LogP) is 4.57. The number of carbonyl (C=O) groups is 1. The summed E-state index contributed by atoms with van der Waals surface area (Å²) >= 11 is 12.4. The molecule has 2 aliphatic heterocycles. The van der Waals surface area contributed by atoms with Crippen LogP contribution in [0.5, 0.6) is 0 Å². The number of aromatic nitrogens is 1. The fraction of sp³-hybridized carbons (Fsp3) is 0.360. The topological polar surface area (TPSA) is 82.6 Å². The van der Waals surface area contributed by atoms with Gasteiger partial charge >= 0.3 is 0 Å². The molecule has 1 aromatic heterocycles. The van der Waals surface area contributed by atoms with E-state index in [0.29, 0.717) is 22.3 Å². The lowest BCUT2D eigenvalue weighted by atomic mass is 9.98. The lowest BCUT2D eigenvalue weighted by molar-refractivity contribution is -0.108. The quantitative estimate of drug-likeness (QED) is 0.392. The number of likely N-dealkylation sites (tertiary alicyclic amines) is 1. The summed E-state index contributed by atoms with van der Waals surface area (Å²) in [4.78, 5) is 18.6. The van der Waals surface area contributed by atoms with Gasteiger partial charge in [0.05, 0.1) is 4.90 Å². The number of benzene rings is 1. The van der Waals surface area contributed by atoms with E-state index in [2.05, 4.69) is 17.0 Å².